The maximum Gasteiger partial charge on any atom is 0.117 e. The first-order valence-electron chi connectivity index (χ1n) is 3.63. The highest BCUT2D eigenvalue weighted by atomic mass is 16.3. The third kappa shape index (κ3) is 1.14. The molecule has 58 valence electrons. The second kappa shape index (κ2) is 2.43. The van der Waals surface area contributed by atoms with Gasteiger partial charge in [-0.1, -0.05) is 6.07 Å². The van der Waals surface area contributed by atoms with Crippen LogP contribution in [0.3, 0.4) is 0 Å². The Morgan fingerprint density at radius 2 is 2.27 bits per heavy atom. The Labute approximate surface area is 65.0 Å². The number of anilines is 1. The molecule has 2 rings (SSSR count). The van der Waals surface area contributed by atoms with Crippen molar-refractivity contribution in [2.24, 2.45) is 0 Å². The molecule has 1 aromatic carbocycles. The van der Waals surface area contributed by atoms with Gasteiger partial charge in [0.25, 0.3) is 0 Å². The third-order valence-electron chi connectivity index (χ3n) is 1.81. The molecule has 0 fully saturated rings. The van der Waals surface area contributed by atoms with Crippen molar-refractivity contribution < 1.29 is 5.11 Å². The van der Waals surface area contributed by atoms with Crippen LogP contribution in [0.5, 0.6) is 5.75 Å². The van der Waals surface area contributed by atoms with Gasteiger partial charge in [-0.25, -0.2) is 0 Å². The monoisotopic (exact) mass is 150 g/mol. The largest absolute Gasteiger partial charge is 0.508 e. The minimum absolute atomic E-state index is 0.318. The van der Waals surface area contributed by atoms with Gasteiger partial charge in [0.1, 0.15) is 5.75 Å². The first-order chi connectivity index (χ1) is 5.36. The lowest BCUT2D eigenvalue weighted by molar-refractivity contribution is 0.475. The van der Waals surface area contributed by atoms with E-state index in [1.165, 1.54) is 5.56 Å². The number of hydrogen-bond donors (Lipinski definition) is 3. The lowest BCUT2D eigenvalue weighted by Gasteiger charge is -2.18. The lowest BCUT2D eigenvalue weighted by atomic mass is 10.1. The predicted octanol–water partition coefficient (Wildman–Crippen LogP) is 0.865. The van der Waals surface area contributed by atoms with E-state index in [0.717, 1.165) is 18.9 Å². The highest BCUT2D eigenvalue weighted by molar-refractivity contribution is 5.55. The van der Waals surface area contributed by atoms with Crippen molar-refractivity contribution in [3.8, 4) is 5.75 Å². The summed E-state index contributed by atoms with van der Waals surface area (Å²) in [6.07, 6.45) is 0. The Balaban J connectivity index is 2.43. The molecule has 0 amide bonds. The molecule has 1 aromatic rings. The number of phenolic OH excluding ortho intramolecular Hbond substituents is 1. The fraction of sp³-hybridized carbons (Fsp3) is 0.250. The lowest BCUT2D eigenvalue weighted by Crippen LogP contribution is -2.27. The highest BCUT2D eigenvalue weighted by Gasteiger charge is 2.06. The van der Waals surface area contributed by atoms with Gasteiger partial charge in [0.05, 0.1) is 6.67 Å². The number of fused-ring (bicyclic) bond motifs is 1. The van der Waals surface area contributed by atoms with Gasteiger partial charge in [-0.3, -0.25) is 5.32 Å². The Hall–Kier alpha value is -1.22. The average Bonchev–Trinajstić information content (AvgIpc) is 2.04. The van der Waals surface area contributed by atoms with E-state index in [0.29, 0.717) is 5.75 Å². The standard InChI is InChI=1S/C8H10N2O/c11-7-2-1-6-4-9-5-10-8(6)3-7/h1-3,9-11H,4-5H2. The van der Waals surface area contributed by atoms with Crippen molar-refractivity contribution in [2.45, 2.75) is 6.54 Å². The van der Waals surface area contributed by atoms with Crippen LogP contribution in [0.25, 0.3) is 0 Å². The summed E-state index contributed by atoms with van der Waals surface area (Å²) in [5.41, 5.74) is 2.23. The molecule has 0 radical (unpaired) electrons. The minimum atomic E-state index is 0.318. The Morgan fingerprint density at radius 1 is 1.36 bits per heavy atom. The predicted molar refractivity (Wildman–Crippen MR) is 43.4 cm³/mol. The summed E-state index contributed by atoms with van der Waals surface area (Å²) in [5, 5.41) is 15.4. The normalized spacial score (nSPS) is 15.3. The van der Waals surface area contributed by atoms with E-state index in [9.17, 15) is 0 Å². The molecule has 0 unspecified atom stereocenters. The van der Waals surface area contributed by atoms with Crippen LogP contribution in [-0.4, -0.2) is 11.8 Å². The van der Waals surface area contributed by atoms with Gasteiger partial charge < -0.3 is 10.4 Å². The molecule has 3 nitrogen and oxygen atoms in total. The van der Waals surface area contributed by atoms with Gasteiger partial charge in [0, 0.05) is 18.3 Å². The maximum absolute atomic E-state index is 9.13. The zero-order valence-electron chi connectivity index (χ0n) is 6.09. The topological polar surface area (TPSA) is 44.3 Å². The SMILES string of the molecule is Oc1ccc2c(c1)NCNC2. The van der Waals surface area contributed by atoms with E-state index in [1.807, 2.05) is 6.07 Å². The van der Waals surface area contributed by atoms with Crippen molar-refractivity contribution in [3.63, 3.8) is 0 Å². The molecule has 0 saturated carbocycles. The van der Waals surface area contributed by atoms with Crippen molar-refractivity contribution in [1.82, 2.24) is 5.32 Å². The van der Waals surface area contributed by atoms with Crippen LogP contribution < -0.4 is 10.6 Å². The van der Waals surface area contributed by atoms with Crippen LogP contribution >= 0.6 is 0 Å². The first kappa shape index (κ1) is 6.49. The summed E-state index contributed by atoms with van der Waals surface area (Å²) < 4.78 is 0. The van der Waals surface area contributed by atoms with E-state index in [2.05, 4.69) is 10.6 Å². The molecule has 0 bridgehead atoms. The molecule has 1 aliphatic rings. The fourth-order valence-corrected chi connectivity index (χ4v) is 1.24. The second-order valence-electron chi connectivity index (χ2n) is 2.62. The fourth-order valence-electron chi connectivity index (χ4n) is 1.24. The zero-order valence-corrected chi connectivity index (χ0v) is 6.09. The van der Waals surface area contributed by atoms with Gasteiger partial charge in [-0.05, 0) is 11.6 Å². The van der Waals surface area contributed by atoms with Gasteiger partial charge >= 0.3 is 0 Å². The average molecular weight is 150 g/mol. The highest BCUT2D eigenvalue weighted by Crippen LogP contribution is 2.22. The van der Waals surface area contributed by atoms with Crippen LogP contribution in [0, 0.1) is 0 Å². The molecule has 11 heavy (non-hydrogen) atoms. The van der Waals surface area contributed by atoms with E-state index in [1.54, 1.807) is 12.1 Å². The Morgan fingerprint density at radius 3 is 3.18 bits per heavy atom. The molecule has 1 heterocycles. The summed E-state index contributed by atoms with van der Waals surface area (Å²) in [6, 6.07) is 5.37. The molecule has 0 aromatic heterocycles. The summed E-state index contributed by atoms with van der Waals surface area (Å²) >= 11 is 0. The van der Waals surface area contributed by atoms with Crippen LogP contribution in [0.1, 0.15) is 5.56 Å². The molecule has 3 heteroatoms. The number of benzene rings is 1. The molecule has 1 aliphatic heterocycles. The molecule has 0 spiro atoms. The van der Waals surface area contributed by atoms with E-state index >= 15 is 0 Å². The van der Waals surface area contributed by atoms with Crippen LogP contribution in [0.2, 0.25) is 0 Å². The second-order valence-corrected chi connectivity index (χ2v) is 2.62. The molecule has 0 atom stereocenters. The van der Waals surface area contributed by atoms with Crippen LogP contribution in [-0.2, 0) is 6.54 Å². The molecule has 3 N–H and O–H groups in total. The first-order valence-corrected chi connectivity index (χ1v) is 3.63. The maximum atomic E-state index is 9.13. The number of phenols is 1. The summed E-state index contributed by atoms with van der Waals surface area (Å²) in [6.45, 7) is 1.65. The number of nitrogens with one attached hydrogen (secondary N) is 2. The zero-order chi connectivity index (χ0) is 7.68. The molecule has 0 saturated heterocycles. The summed E-state index contributed by atoms with van der Waals surface area (Å²) in [5.74, 6) is 0.318. The number of aromatic hydroxyl groups is 1. The summed E-state index contributed by atoms with van der Waals surface area (Å²) in [7, 11) is 0. The van der Waals surface area contributed by atoms with Crippen molar-refractivity contribution in [1.29, 1.82) is 0 Å². The van der Waals surface area contributed by atoms with Crippen LogP contribution in [0.4, 0.5) is 5.69 Å². The Bertz CT molecular complexity index is 273. The number of hydrogen-bond acceptors (Lipinski definition) is 3. The van der Waals surface area contributed by atoms with E-state index in [4.69, 9.17) is 5.11 Å². The molecular formula is C8H10N2O. The van der Waals surface area contributed by atoms with Crippen molar-refractivity contribution in [2.75, 3.05) is 12.0 Å². The third-order valence-corrected chi connectivity index (χ3v) is 1.81. The van der Waals surface area contributed by atoms with Gasteiger partial charge in [0.2, 0.25) is 0 Å². The smallest absolute Gasteiger partial charge is 0.117 e. The summed E-state index contributed by atoms with van der Waals surface area (Å²) in [4.78, 5) is 0. The molecule has 0 aliphatic carbocycles. The van der Waals surface area contributed by atoms with E-state index in [-0.39, 0.29) is 0 Å². The van der Waals surface area contributed by atoms with Gasteiger partial charge in [-0.15, -0.1) is 0 Å². The van der Waals surface area contributed by atoms with Crippen molar-refractivity contribution in [3.05, 3.63) is 23.8 Å². The Kier molecular flexibility index (Phi) is 1.43. The van der Waals surface area contributed by atoms with E-state index < -0.39 is 0 Å². The molecular weight excluding hydrogens is 140 g/mol. The van der Waals surface area contributed by atoms with Crippen LogP contribution in [0.15, 0.2) is 18.2 Å². The number of rotatable bonds is 0. The van der Waals surface area contributed by atoms with Crippen molar-refractivity contribution >= 4 is 5.69 Å². The van der Waals surface area contributed by atoms with Gasteiger partial charge in [-0.2, -0.15) is 0 Å². The quantitative estimate of drug-likeness (QED) is 0.514. The van der Waals surface area contributed by atoms with Gasteiger partial charge in [0.15, 0.2) is 0 Å². The minimum Gasteiger partial charge on any atom is -0.508 e.